The molecule has 0 saturated heterocycles. The Labute approximate surface area is 183 Å². The summed E-state index contributed by atoms with van der Waals surface area (Å²) in [5.41, 5.74) is 3.35. The van der Waals surface area contributed by atoms with Crippen LogP contribution in [0.1, 0.15) is 24.1 Å². The average molecular weight is 419 g/mol. The Morgan fingerprint density at radius 3 is 2.65 bits per heavy atom. The number of aromatic nitrogens is 2. The van der Waals surface area contributed by atoms with Crippen LogP contribution < -0.4 is 10.6 Å². The molecule has 1 amide bonds. The number of benzene rings is 2. The topological polar surface area (TPSA) is 74.6 Å². The molecule has 0 spiro atoms. The number of likely N-dealkylation sites (N-methyl/N-ethyl adjacent to an activating group) is 1. The molecule has 0 bridgehead atoms. The third-order valence-corrected chi connectivity index (χ3v) is 4.91. The third-order valence-electron chi connectivity index (χ3n) is 4.91. The molecule has 31 heavy (non-hydrogen) atoms. The summed E-state index contributed by atoms with van der Waals surface area (Å²) in [4.78, 5) is 18.1. The second kappa shape index (κ2) is 11.0. The smallest absolute Gasteiger partial charge is 0.243 e. The Balaban J connectivity index is 1.68. The molecule has 1 aromatic heterocycles. The number of nitrogens with one attached hydrogen (secondary N) is 2. The number of hydrogen-bond acceptors (Lipinski definition) is 3. The molecule has 3 rings (SSSR count). The second-order valence-corrected chi connectivity index (χ2v) is 7.53. The van der Waals surface area contributed by atoms with Crippen LogP contribution in [0.25, 0.3) is 5.69 Å². The van der Waals surface area contributed by atoms with E-state index >= 15 is 0 Å². The van der Waals surface area contributed by atoms with E-state index < -0.39 is 0 Å². The van der Waals surface area contributed by atoms with Crippen molar-refractivity contribution in [2.45, 2.75) is 19.4 Å². The van der Waals surface area contributed by atoms with Crippen LogP contribution in [0.3, 0.4) is 0 Å². The van der Waals surface area contributed by atoms with Crippen LogP contribution in [-0.2, 0) is 11.2 Å². The van der Waals surface area contributed by atoms with Crippen LogP contribution >= 0.6 is 0 Å². The fourth-order valence-electron chi connectivity index (χ4n) is 3.06. The fraction of sp³-hybridized carbons (Fsp3) is 0.292. The Morgan fingerprint density at radius 1 is 1.13 bits per heavy atom. The summed E-state index contributed by atoms with van der Waals surface area (Å²) in [6.45, 7) is 2.88. The first-order valence-corrected chi connectivity index (χ1v) is 10.4. The summed E-state index contributed by atoms with van der Waals surface area (Å²) in [5.74, 6) is 0.570. The molecule has 1 heterocycles. The van der Waals surface area contributed by atoms with Crippen LogP contribution in [0.5, 0.6) is 0 Å². The SMILES string of the molecule is CC(NC(=NCC(=O)N(C)C)NCCc1ccccc1)c1cccc(-n2cccn2)c1. The molecule has 2 N–H and O–H groups in total. The highest BCUT2D eigenvalue weighted by molar-refractivity contribution is 5.85. The molecule has 2 aromatic carbocycles. The van der Waals surface area contributed by atoms with Crippen molar-refractivity contribution in [2.75, 3.05) is 27.2 Å². The monoisotopic (exact) mass is 418 g/mol. The number of guanidine groups is 1. The van der Waals surface area contributed by atoms with E-state index in [9.17, 15) is 4.79 Å². The Hall–Kier alpha value is -3.61. The zero-order valence-corrected chi connectivity index (χ0v) is 18.3. The minimum atomic E-state index is -0.0440. The zero-order chi connectivity index (χ0) is 22.1. The van der Waals surface area contributed by atoms with Gasteiger partial charge in [0.25, 0.3) is 0 Å². The largest absolute Gasteiger partial charge is 0.356 e. The number of hydrogen-bond donors (Lipinski definition) is 2. The van der Waals surface area contributed by atoms with Crippen molar-refractivity contribution in [3.63, 3.8) is 0 Å². The standard InChI is InChI=1S/C24H30N6O/c1-19(21-11-7-12-22(17-21)30-16-8-14-27-30)28-24(26-18-23(31)29(2)3)25-15-13-20-9-5-4-6-10-20/h4-12,14,16-17,19H,13,15,18H2,1-3H3,(H2,25,26,28). The summed E-state index contributed by atoms with van der Waals surface area (Å²) < 4.78 is 1.83. The van der Waals surface area contributed by atoms with Gasteiger partial charge in [0.1, 0.15) is 6.54 Å². The lowest BCUT2D eigenvalue weighted by Gasteiger charge is -2.20. The van der Waals surface area contributed by atoms with Gasteiger partial charge in [-0.1, -0.05) is 42.5 Å². The van der Waals surface area contributed by atoms with Gasteiger partial charge in [0.05, 0.1) is 11.7 Å². The van der Waals surface area contributed by atoms with Gasteiger partial charge in [-0.05, 0) is 42.7 Å². The van der Waals surface area contributed by atoms with Gasteiger partial charge in [-0.25, -0.2) is 9.67 Å². The first kappa shape index (κ1) is 22.1. The van der Waals surface area contributed by atoms with Gasteiger partial charge in [0, 0.05) is 33.0 Å². The average Bonchev–Trinajstić information content (AvgIpc) is 3.33. The summed E-state index contributed by atoms with van der Waals surface area (Å²) >= 11 is 0. The molecule has 7 heteroatoms. The van der Waals surface area contributed by atoms with E-state index in [4.69, 9.17) is 0 Å². The van der Waals surface area contributed by atoms with Crippen LogP contribution in [0.15, 0.2) is 78.0 Å². The first-order chi connectivity index (χ1) is 15.0. The Morgan fingerprint density at radius 2 is 1.94 bits per heavy atom. The number of carbonyl (C=O) groups excluding carboxylic acids is 1. The number of amides is 1. The molecule has 162 valence electrons. The van der Waals surface area contributed by atoms with Crippen molar-refractivity contribution in [3.8, 4) is 5.69 Å². The lowest BCUT2D eigenvalue weighted by molar-refractivity contribution is -0.127. The van der Waals surface area contributed by atoms with E-state index in [1.165, 1.54) is 5.56 Å². The molecule has 3 aromatic rings. The van der Waals surface area contributed by atoms with Crippen LogP contribution in [0.2, 0.25) is 0 Å². The van der Waals surface area contributed by atoms with E-state index in [-0.39, 0.29) is 18.5 Å². The minimum Gasteiger partial charge on any atom is -0.356 e. The fourth-order valence-corrected chi connectivity index (χ4v) is 3.06. The number of aliphatic imine (C=N–C) groups is 1. The molecular weight excluding hydrogens is 388 g/mol. The van der Waals surface area contributed by atoms with Gasteiger partial charge in [0.2, 0.25) is 5.91 Å². The van der Waals surface area contributed by atoms with Crippen molar-refractivity contribution < 1.29 is 4.79 Å². The van der Waals surface area contributed by atoms with Crippen molar-refractivity contribution in [2.24, 2.45) is 4.99 Å². The second-order valence-electron chi connectivity index (χ2n) is 7.53. The van der Waals surface area contributed by atoms with Crippen molar-refractivity contribution in [1.82, 2.24) is 25.3 Å². The van der Waals surface area contributed by atoms with Crippen LogP contribution in [0, 0.1) is 0 Å². The van der Waals surface area contributed by atoms with E-state index in [0.717, 1.165) is 17.7 Å². The lowest BCUT2D eigenvalue weighted by atomic mass is 10.1. The normalized spacial score (nSPS) is 12.3. The van der Waals surface area contributed by atoms with Crippen molar-refractivity contribution >= 4 is 11.9 Å². The third kappa shape index (κ3) is 6.70. The number of rotatable bonds is 8. The molecule has 0 aliphatic heterocycles. The van der Waals surface area contributed by atoms with Gasteiger partial charge >= 0.3 is 0 Å². The van der Waals surface area contributed by atoms with Gasteiger partial charge in [0.15, 0.2) is 5.96 Å². The van der Waals surface area contributed by atoms with Crippen molar-refractivity contribution in [3.05, 3.63) is 84.2 Å². The molecular formula is C24H30N6O. The molecule has 0 radical (unpaired) electrons. The summed E-state index contributed by atoms with van der Waals surface area (Å²) in [6, 6.07) is 20.4. The minimum absolute atomic E-state index is 0.00653. The number of carbonyl (C=O) groups is 1. The van der Waals surface area contributed by atoms with Crippen LogP contribution in [-0.4, -0.2) is 53.7 Å². The summed E-state index contributed by atoms with van der Waals surface area (Å²) in [6.07, 6.45) is 4.55. The first-order valence-electron chi connectivity index (χ1n) is 10.4. The van der Waals surface area contributed by atoms with E-state index in [1.54, 1.807) is 25.2 Å². The maximum absolute atomic E-state index is 12.0. The Bertz CT molecular complexity index is 982. The van der Waals surface area contributed by atoms with Gasteiger partial charge in [-0.15, -0.1) is 0 Å². The molecule has 0 saturated carbocycles. The highest BCUT2D eigenvalue weighted by atomic mass is 16.2. The number of nitrogens with zero attached hydrogens (tertiary/aromatic N) is 4. The Kier molecular flexibility index (Phi) is 7.81. The molecule has 0 fully saturated rings. The zero-order valence-electron chi connectivity index (χ0n) is 18.3. The molecule has 0 aliphatic rings. The molecule has 1 atom stereocenters. The summed E-state index contributed by atoms with van der Waals surface area (Å²) in [7, 11) is 3.47. The van der Waals surface area contributed by atoms with Crippen LogP contribution in [0.4, 0.5) is 0 Å². The van der Waals surface area contributed by atoms with Gasteiger partial charge in [-0.2, -0.15) is 5.10 Å². The predicted octanol–water partition coefficient (Wildman–Crippen LogP) is 2.80. The quantitative estimate of drug-likeness (QED) is 0.436. The predicted molar refractivity (Wildman–Crippen MR) is 124 cm³/mol. The lowest BCUT2D eigenvalue weighted by Crippen LogP contribution is -2.40. The maximum Gasteiger partial charge on any atom is 0.243 e. The van der Waals surface area contributed by atoms with E-state index in [1.807, 2.05) is 47.3 Å². The van der Waals surface area contributed by atoms with Crippen molar-refractivity contribution in [1.29, 1.82) is 0 Å². The summed E-state index contributed by atoms with van der Waals surface area (Å²) in [5, 5.41) is 11.1. The van der Waals surface area contributed by atoms with E-state index in [2.05, 4.69) is 51.9 Å². The molecule has 7 nitrogen and oxygen atoms in total. The van der Waals surface area contributed by atoms with Gasteiger partial charge < -0.3 is 15.5 Å². The highest BCUT2D eigenvalue weighted by Gasteiger charge is 2.11. The maximum atomic E-state index is 12.0. The van der Waals surface area contributed by atoms with Gasteiger partial charge in [-0.3, -0.25) is 4.79 Å². The highest BCUT2D eigenvalue weighted by Crippen LogP contribution is 2.16. The molecule has 1 unspecified atom stereocenters. The molecule has 0 aliphatic carbocycles. The van der Waals surface area contributed by atoms with E-state index in [0.29, 0.717) is 12.5 Å².